The monoisotopic (exact) mass is 329 g/mol. The highest BCUT2D eigenvalue weighted by Gasteiger charge is 2.18. The zero-order valence-corrected chi connectivity index (χ0v) is 13.5. The topological polar surface area (TPSA) is 73.2 Å². The van der Waals surface area contributed by atoms with Crippen molar-refractivity contribution in [3.05, 3.63) is 47.7 Å². The predicted octanol–water partition coefficient (Wildman–Crippen LogP) is 3.06. The molecule has 0 fully saturated rings. The van der Waals surface area contributed by atoms with E-state index in [0.717, 1.165) is 4.83 Å². The van der Waals surface area contributed by atoms with Crippen molar-refractivity contribution in [2.45, 2.75) is 6.92 Å². The Morgan fingerprint density at radius 3 is 2.70 bits per heavy atom. The molecule has 0 unspecified atom stereocenters. The molecule has 7 heteroatoms. The number of aryl methyl sites for hydroxylation is 1. The molecule has 1 aromatic carbocycles. The van der Waals surface area contributed by atoms with Gasteiger partial charge in [-0.3, -0.25) is 10.1 Å². The maximum Gasteiger partial charge on any atom is 0.355 e. The van der Waals surface area contributed by atoms with Crippen LogP contribution in [0.15, 0.2) is 36.4 Å². The molecule has 0 saturated heterocycles. The Bertz CT molecular complexity index is 867. The lowest BCUT2D eigenvalue weighted by molar-refractivity contribution is 0.0515. The maximum absolute atomic E-state index is 12.1. The van der Waals surface area contributed by atoms with Crippen LogP contribution in [0.2, 0.25) is 0 Å². The van der Waals surface area contributed by atoms with E-state index in [9.17, 15) is 9.59 Å². The number of benzene rings is 1. The van der Waals surface area contributed by atoms with E-state index >= 15 is 0 Å². The van der Waals surface area contributed by atoms with Crippen molar-refractivity contribution in [2.75, 3.05) is 11.9 Å². The number of carbonyl (C=O) groups excluding carboxylic acids is 2. The van der Waals surface area contributed by atoms with E-state index in [4.69, 9.17) is 4.74 Å². The van der Waals surface area contributed by atoms with Gasteiger partial charge in [-0.2, -0.15) is 0 Å². The SMILES string of the molecule is CCOC(=O)c1cc2nc(NC(=O)c3ccccc3)sc2n1C. The summed E-state index contributed by atoms with van der Waals surface area (Å²) in [5.41, 5.74) is 1.67. The van der Waals surface area contributed by atoms with E-state index < -0.39 is 0 Å². The van der Waals surface area contributed by atoms with Gasteiger partial charge >= 0.3 is 5.97 Å². The van der Waals surface area contributed by atoms with Crippen molar-refractivity contribution in [2.24, 2.45) is 7.05 Å². The van der Waals surface area contributed by atoms with Crippen molar-refractivity contribution < 1.29 is 14.3 Å². The molecule has 0 atom stereocenters. The molecule has 0 aliphatic heterocycles. The molecule has 1 amide bonds. The first-order valence-electron chi connectivity index (χ1n) is 7.10. The Morgan fingerprint density at radius 1 is 1.30 bits per heavy atom. The van der Waals surface area contributed by atoms with Gasteiger partial charge in [-0.15, -0.1) is 0 Å². The van der Waals surface area contributed by atoms with Crippen molar-refractivity contribution in [3.8, 4) is 0 Å². The van der Waals surface area contributed by atoms with Gasteiger partial charge in [0, 0.05) is 12.6 Å². The normalized spacial score (nSPS) is 10.7. The van der Waals surface area contributed by atoms with Crippen LogP contribution >= 0.6 is 11.3 Å². The molecule has 3 aromatic rings. The number of amides is 1. The summed E-state index contributed by atoms with van der Waals surface area (Å²) >= 11 is 1.32. The van der Waals surface area contributed by atoms with Crippen molar-refractivity contribution in [1.82, 2.24) is 9.55 Å². The van der Waals surface area contributed by atoms with Crippen LogP contribution in [0.5, 0.6) is 0 Å². The van der Waals surface area contributed by atoms with Crippen LogP contribution in [0.25, 0.3) is 10.3 Å². The molecule has 23 heavy (non-hydrogen) atoms. The molecular weight excluding hydrogens is 314 g/mol. The van der Waals surface area contributed by atoms with Gasteiger partial charge in [-0.1, -0.05) is 29.5 Å². The summed E-state index contributed by atoms with van der Waals surface area (Å²) in [5.74, 6) is -0.592. The first kappa shape index (κ1) is 15.2. The molecule has 0 aliphatic carbocycles. The zero-order valence-electron chi connectivity index (χ0n) is 12.7. The van der Waals surface area contributed by atoms with Gasteiger partial charge in [0.15, 0.2) is 5.13 Å². The number of hydrogen-bond donors (Lipinski definition) is 1. The van der Waals surface area contributed by atoms with Gasteiger partial charge < -0.3 is 9.30 Å². The Morgan fingerprint density at radius 2 is 2.04 bits per heavy atom. The number of nitrogens with one attached hydrogen (secondary N) is 1. The summed E-state index contributed by atoms with van der Waals surface area (Å²) in [4.78, 5) is 29.1. The van der Waals surface area contributed by atoms with Crippen LogP contribution in [-0.4, -0.2) is 28.0 Å². The second-order valence-corrected chi connectivity index (χ2v) is 5.82. The standard InChI is InChI=1S/C16H15N3O3S/c1-3-22-15(21)12-9-11-14(19(12)2)23-16(17-11)18-13(20)10-7-5-4-6-8-10/h4-9H,3H2,1-2H3,(H,17,18,20). The maximum atomic E-state index is 12.1. The van der Waals surface area contributed by atoms with Crippen LogP contribution < -0.4 is 5.32 Å². The Kier molecular flexibility index (Phi) is 4.12. The fraction of sp³-hybridized carbons (Fsp3) is 0.188. The number of esters is 1. The first-order chi connectivity index (χ1) is 11.1. The summed E-state index contributed by atoms with van der Waals surface area (Å²) in [5, 5.41) is 3.27. The van der Waals surface area contributed by atoms with Gasteiger partial charge in [0.25, 0.3) is 5.91 Å². The predicted molar refractivity (Wildman–Crippen MR) is 88.9 cm³/mol. The lowest BCUT2D eigenvalue weighted by Gasteiger charge is -2.03. The van der Waals surface area contributed by atoms with E-state index in [-0.39, 0.29) is 11.9 Å². The highest BCUT2D eigenvalue weighted by molar-refractivity contribution is 7.22. The number of carbonyl (C=O) groups is 2. The molecule has 0 radical (unpaired) electrons. The quantitative estimate of drug-likeness (QED) is 0.747. The number of anilines is 1. The van der Waals surface area contributed by atoms with Crippen LogP contribution in [0.1, 0.15) is 27.8 Å². The lowest BCUT2D eigenvalue weighted by Crippen LogP contribution is -2.11. The molecular formula is C16H15N3O3S. The average molecular weight is 329 g/mol. The molecule has 118 valence electrons. The molecule has 1 N–H and O–H groups in total. The van der Waals surface area contributed by atoms with Crippen LogP contribution in [0.4, 0.5) is 5.13 Å². The zero-order chi connectivity index (χ0) is 16.4. The van der Waals surface area contributed by atoms with Gasteiger partial charge in [0.05, 0.1) is 6.61 Å². The van der Waals surface area contributed by atoms with Crippen molar-refractivity contribution in [3.63, 3.8) is 0 Å². The molecule has 2 aromatic heterocycles. The molecule has 6 nitrogen and oxygen atoms in total. The fourth-order valence-electron chi connectivity index (χ4n) is 2.21. The fourth-order valence-corrected chi connectivity index (χ4v) is 3.12. The van der Waals surface area contributed by atoms with E-state index in [2.05, 4.69) is 10.3 Å². The second-order valence-electron chi connectivity index (χ2n) is 4.84. The summed E-state index contributed by atoms with van der Waals surface area (Å²) < 4.78 is 6.73. The second kappa shape index (κ2) is 6.21. The number of thiazole rings is 1. The van der Waals surface area contributed by atoms with E-state index in [1.165, 1.54) is 11.3 Å². The number of nitrogens with zero attached hydrogens (tertiary/aromatic N) is 2. The van der Waals surface area contributed by atoms with Gasteiger partial charge in [0.2, 0.25) is 0 Å². The van der Waals surface area contributed by atoms with Gasteiger partial charge in [-0.25, -0.2) is 9.78 Å². The third-order valence-corrected chi connectivity index (χ3v) is 4.38. The van der Waals surface area contributed by atoms with E-state index in [0.29, 0.717) is 28.5 Å². The summed E-state index contributed by atoms with van der Waals surface area (Å²) in [6.07, 6.45) is 0. The van der Waals surface area contributed by atoms with Crippen LogP contribution in [-0.2, 0) is 11.8 Å². The highest BCUT2D eigenvalue weighted by Crippen LogP contribution is 2.29. The largest absolute Gasteiger partial charge is 0.461 e. The molecule has 0 aliphatic rings. The number of ether oxygens (including phenoxy) is 1. The third-order valence-electron chi connectivity index (χ3n) is 3.31. The number of fused-ring (bicyclic) bond motifs is 1. The van der Waals surface area contributed by atoms with Crippen molar-refractivity contribution in [1.29, 1.82) is 0 Å². The summed E-state index contributed by atoms with van der Waals surface area (Å²) in [7, 11) is 1.77. The van der Waals surface area contributed by atoms with Crippen LogP contribution in [0, 0.1) is 0 Å². The van der Waals surface area contributed by atoms with Crippen molar-refractivity contribution >= 4 is 38.7 Å². The third kappa shape index (κ3) is 2.95. The number of rotatable bonds is 4. The number of hydrogen-bond acceptors (Lipinski definition) is 5. The smallest absolute Gasteiger partial charge is 0.355 e. The van der Waals surface area contributed by atoms with E-state index in [1.54, 1.807) is 48.9 Å². The van der Waals surface area contributed by atoms with Crippen LogP contribution in [0.3, 0.4) is 0 Å². The minimum absolute atomic E-state index is 0.213. The summed E-state index contributed by atoms with van der Waals surface area (Å²) in [6, 6.07) is 10.6. The van der Waals surface area contributed by atoms with Gasteiger partial charge in [-0.05, 0) is 25.1 Å². The average Bonchev–Trinajstić information content (AvgIpc) is 3.07. The van der Waals surface area contributed by atoms with E-state index in [1.807, 2.05) is 6.07 Å². The molecule has 2 heterocycles. The molecule has 0 spiro atoms. The summed E-state index contributed by atoms with van der Waals surface area (Å²) in [6.45, 7) is 2.09. The number of aromatic nitrogens is 2. The minimum atomic E-state index is -0.380. The Balaban J connectivity index is 1.84. The highest BCUT2D eigenvalue weighted by atomic mass is 32.1. The molecule has 0 saturated carbocycles. The lowest BCUT2D eigenvalue weighted by atomic mass is 10.2. The molecule has 3 rings (SSSR count). The van der Waals surface area contributed by atoms with Gasteiger partial charge in [0.1, 0.15) is 16.0 Å². The Hall–Kier alpha value is -2.67. The molecule has 0 bridgehead atoms. The Labute approximate surface area is 136 Å². The first-order valence-corrected chi connectivity index (χ1v) is 7.91. The minimum Gasteiger partial charge on any atom is -0.461 e.